The normalized spacial score (nSPS) is 12.4. The van der Waals surface area contributed by atoms with E-state index in [9.17, 15) is 18.0 Å². The van der Waals surface area contributed by atoms with Crippen LogP contribution in [0.4, 0.5) is 0 Å². The van der Waals surface area contributed by atoms with Crippen molar-refractivity contribution in [2.75, 3.05) is 20.1 Å². The summed E-state index contributed by atoms with van der Waals surface area (Å²) >= 11 is 5.87. The molecule has 0 unspecified atom stereocenters. The fourth-order valence-electron chi connectivity index (χ4n) is 3.59. The second kappa shape index (κ2) is 12.9. The number of nitrogens with one attached hydrogen (secondary N) is 1. The molecule has 7 nitrogen and oxygen atoms in total. The molecule has 0 spiro atoms. The van der Waals surface area contributed by atoms with Gasteiger partial charge in [-0.3, -0.25) is 9.59 Å². The number of hydrogen-bond donors (Lipinski definition) is 1. The molecule has 0 saturated heterocycles. The Morgan fingerprint density at radius 1 is 1.09 bits per heavy atom. The Morgan fingerprint density at radius 3 is 2.35 bits per heavy atom. The molecular formula is C25H34ClN3O4S. The number of carbonyl (C=O) groups excluding carboxylic acids is 2. The molecule has 9 heteroatoms. The number of hydrogen-bond acceptors (Lipinski definition) is 4. The summed E-state index contributed by atoms with van der Waals surface area (Å²) in [4.78, 5) is 27.9. The standard InChI is InChI=1S/C25H34ClN3O4S/c1-5-7-15-27-25(31)23(6-2)29(17-20-10-8-9-19(3)16-20)24(30)18-28(4)34(32,33)22-13-11-21(26)12-14-22/h8-14,16,23H,5-7,15,17-18H2,1-4H3,(H,27,31)/t23-/m1/s1. The lowest BCUT2D eigenvalue weighted by atomic mass is 10.1. The quantitative estimate of drug-likeness (QED) is 0.440. The van der Waals surface area contributed by atoms with Gasteiger partial charge in [-0.2, -0.15) is 4.31 Å². The van der Waals surface area contributed by atoms with Crippen molar-refractivity contribution in [2.45, 2.75) is 57.5 Å². The molecule has 1 atom stereocenters. The van der Waals surface area contributed by atoms with Crippen LogP contribution in [0.5, 0.6) is 0 Å². The van der Waals surface area contributed by atoms with Gasteiger partial charge in [0.05, 0.1) is 11.4 Å². The first-order valence-corrected chi connectivity index (χ1v) is 13.3. The number of aryl methyl sites for hydroxylation is 1. The first kappa shape index (κ1) is 27.8. The predicted octanol–water partition coefficient (Wildman–Crippen LogP) is 3.99. The third kappa shape index (κ3) is 7.55. The number of carbonyl (C=O) groups is 2. The van der Waals surface area contributed by atoms with E-state index in [2.05, 4.69) is 5.32 Å². The topological polar surface area (TPSA) is 86.8 Å². The third-order valence-corrected chi connectivity index (χ3v) is 7.60. The maximum atomic E-state index is 13.4. The summed E-state index contributed by atoms with van der Waals surface area (Å²) < 4.78 is 27.0. The Hall–Kier alpha value is -2.42. The molecule has 0 aromatic heterocycles. The van der Waals surface area contributed by atoms with Gasteiger partial charge in [-0.15, -0.1) is 0 Å². The summed E-state index contributed by atoms with van der Waals surface area (Å²) in [5, 5.41) is 3.32. The molecule has 34 heavy (non-hydrogen) atoms. The number of amides is 2. The number of likely N-dealkylation sites (N-methyl/N-ethyl adjacent to an activating group) is 1. The highest BCUT2D eigenvalue weighted by Crippen LogP contribution is 2.19. The fraction of sp³-hybridized carbons (Fsp3) is 0.440. The van der Waals surface area contributed by atoms with Crippen molar-refractivity contribution >= 4 is 33.4 Å². The van der Waals surface area contributed by atoms with Gasteiger partial charge in [-0.05, 0) is 49.6 Å². The van der Waals surface area contributed by atoms with Crippen LogP contribution < -0.4 is 5.32 Å². The van der Waals surface area contributed by atoms with Crippen molar-refractivity contribution in [3.05, 3.63) is 64.7 Å². The zero-order valence-corrected chi connectivity index (χ0v) is 21.8. The van der Waals surface area contributed by atoms with Crippen LogP contribution in [0, 0.1) is 6.92 Å². The molecular weight excluding hydrogens is 474 g/mol. The lowest BCUT2D eigenvalue weighted by molar-refractivity contribution is -0.141. The average Bonchev–Trinajstić information content (AvgIpc) is 2.79. The van der Waals surface area contributed by atoms with Crippen LogP contribution in [0.3, 0.4) is 0 Å². The van der Waals surface area contributed by atoms with E-state index in [-0.39, 0.29) is 17.3 Å². The van der Waals surface area contributed by atoms with Crippen LogP contribution in [0.15, 0.2) is 53.4 Å². The van der Waals surface area contributed by atoms with Crippen LogP contribution in [-0.4, -0.2) is 55.6 Å². The Labute approximate surface area is 208 Å². The van der Waals surface area contributed by atoms with E-state index in [1.54, 1.807) is 0 Å². The molecule has 2 rings (SSSR count). The van der Waals surface area contributed by atoms with Crippen molar-refractivity contribution in [3.8, 4) is 0 Å². The first-order chi connectivity index (χ1) is 16.1. The molecule has 186 valence electrons. The third-order valence-electron chi connectivity index (χ3n) is 5.53. The summed E-state index contributed by atoms with van der Waals surface area (Å²) in [5.74, 6) is -0.681. The number of rotatable bonds is 12. The van der Waals surface area contributed by atoms with Crippen LogP contribution in [0.2, 0.25) is 5.02 Å². The smallest absolute Gasteiger partial charge is 0.243 e. The van der Waals surface area contributed by atoms with E-state index in [4.69, 9.17) is 11.6 Å². The number of sulfonamides is 1. The van der Waals surface area contributed by atoms with E-state index >= 15 is 0 Å². The average molecular weight is 508 g/mol. The van der Waals surface area contributed by atoms with Gasteiger partial charge in [-0.25, -0.2) is 8.42 Å². The maximum Gasteiger partial charge on any atom is 0.243 e. The van der Waals surface area contributed by atoms with E-state index in [0.29, 0.717) is 18.0 Å². The molecule has 0 heterocycles. The summed E-state index contributed by atoms with van der Waals surface area (Å²) in [6, 6.07) is 12.8. The molecule has 0 aliphatic heterocycles. The highest BCUT2D eigenvalue weighted by atomic mass is 35.5. The molecule has 0 aliphatic carbocycles. The molecule has 0 saturated carbocycles. The second-order valence-electron chi connectivity index (χ2n) is 8.29. The summed E-state index contributed by atoms with van der Waals surface area (Å²) in [5.41, 5.74) is 1.91. The predicted molar refractivity (Wildman–Crippen MR) is 135 cm³/mol. The zero-order chi connectivity index (χ0) is 25.3. The Balaban J connectivity index is 2.29. The van der Waals surface area contributed by atoms with Crippen LogP contribution >= 0.6 is 11.6 Å². The van der Waals surface area contributed by atoms with Crippen LogP contribution in [-0.2, 0) is 26.2 Å². The molecule has 2 amide bonds. The molecule has 2 aromatic rings. The highest BCUT2D eigenvalue weighted by Gasteiger charge is 2.31. The van der Waals surface area contributed by atoms with Crippen LogP contribution in [0.25, 0.3) is 0 Å². The van der Waals surface area contributed by atoms with Gasteiger partial charge in [0.1, 0.15) is 6.04 Å². The Bertz CT molecular complexity index is 1070. The van der Waals surface area contributed by atoms with Gasteiger partial charge in [0, 0.05) is 25.2 Å². The van der Waals surface area contributed by atoms with E-state index < -0.39 is 28.5 Å². The van der Waals surface area contributed by atoms with Gasteiger partial charge in [0.2, 0.25) is 21.8 Å². The minimum absolute atomic E-state index is 0.0433. The fourth-order valence-corrected chi connectivity index (χ4v) is 4.83. The highest BCUT2D eigenvalue weighted by molar-refractivity contribution is 7.89. The number of benzene rings is 2. The van der Waals surface area contributed by atoms with Crippen molar-refractivity contribution in [1.82, 2.24) is 14.5 Å². The van der Waals surface area contributed by atoms with Crippen molar-refractivity contribution < 1.29 is 18.0 Å². The minimum atomic E-state index is -3.91. The zero-order valence-electron chi connectivity index (χ0n) is 20.3. The van der Waals surface area contributed by atoms with Gasteiger partial charge >= 0.3 is 0 Å². The van der Waals surface area contributed by atoms with Gasteiger partial charge in [0.15, 0.2) is 0 Å². The Kier molecular flexibility index (Phi) is 10.5. The number of nitrogens with zero attached hydrogens (tertiary/aromatic N) is 2. The molecule has 0 fully saturated rings. The van der Waals surface area contributed by atoms with Gasteiger partial charge in [-0.1, -0.05) is 61.7 Å². The van der Waals surface area contributed by atoms with E-state index in [1.165, 1.54) is 36.2 Å². The molecule has 0 aliphatic rings. The molecule has 0 radical (unpaired) electrons. The molecule has 2 aromatic carbocycles. The second-order valence-corrected chi connectivity index (χ2v) is 10.8. The van der Waals surface area contributed by atoms with Crippen LogP contribution in [0.1, 0.15) is 44.2 Å². The van der Waals surface area contributed by atoms with Gasteiger partial charge in [0.25, 0.3) is 0 Å². The largest absolute Gasteiger partial charge is 0.354 e. The summed E-state index contributed by atoms with van der Waals surface area (Å²) in [6.07, 6.45) is 2.19. The molecule has 0 bridgehead atoms. The first-order valence-electron chi connectivity index (χ1n) is 11.4. The summed E-state index contributed by atoms with van der Waals surface area (Å²) in [6.45, 7) is 6.17. The monoisotopic (exact) mass is 507 g/mol. The lowest BCUT2D eigenvalue weighted by Crippen LogP contribution is -2.51. The van der Waals surface area contributed by atoms with E-state index in [1.807, 2.05) is 45.0 Å². The summed E-state index contributed by atoms with van der Waals surface area (Å²) in [7, 11) is -2.55. The van der Waals surface area contributed by atoms with Crippen molar-refractivity contribution in [2.24, 2.45) is 0 Å². The maximum absolute atomic E-state index is 13.4. The van der Waals surface area contributed by atoms with Gasteiger partial charge < -0.3 is 10.2 Å². The van der Waals surface area contributed by atoms with Crippen molar-refractivity contribution in [1.29, 1.82) is 0 Å². The van der Waals surface area contributed by atoms with Crippen molar-refractivity contribution in [3.63, 3.8) is 0 Å². The minimum Gasteiger partial charge on any atom is -0.354 e. The Morgan fingerprint density at radius 2 is 1.76 bits per heavy atom. The molecule has 1 N–H and O–H groups in total. The SMILES string of the molecule is CCCCNC(=O)[C@@H](CC)N(Cc1cccc(C)c1)C(=O)CN(C)S(=O)(=O)c1ccc(Cl)cc1. The van der Waals surface area contributed by atoms with E-state index in [0.717, 1.165) is 28.3 Å². The lowest BCUT2D eigenvalue weighted by Gasteiger charge is -2.32. The number of halogens is 1. The number of unbranched alkanes of at least 4 members (excludes halogenated alkanes) is 1.